The number of phenolic OH excluding ortho intramolecular Hbond substituents is 1. The Bertz CT molecular complexity index is 388. The van der Waals surface area contributed by atoms with Gasteiger partial charge in [0.05, 0.1) is 6.04 Å². The van der Waals surface area contributed by atoms with E-state index >= 15 is 0 Å². The van der Waals surface area contributed by atoms with E-state index in [-0.39, 0.29) is 23.7 Å². The normalized spacial score (nSPS) is 12.4. The zero-order chi connectivity index (χ0) is 11.7. The van der Waals surface area contributed by atoms with Gasteiger partial charge >= 0.3 is 0 Å². The van der Waals surface area contributed by atoms with Gasteiger partial charge in [-0.1, -0.05) is 15.9 Å². The maximum absolute atomic E-state index is 12.5. The first kappa shape index (κ1) is 15.6. The van der Waals surface area contributed by atoms with Crippen LogP contribution in [0.1, 0.15) is 22.7 Å². The first-order valence-electron chi connectivity index (χ1n) is 4.38. The minimum Gasteiger partial charge on any atom is -0.508 e. The number of hydrogen-bond donors (Lipinski definition) is 2. The first-order valence-corrected chi connectivity index (χ1v) is 5.17. The molecule has 1 atom stereocenters. The molecular weight excluding hydrogens is 303 g/mol. The van der Waals surface area contributed by atoms with Crippen LogP contribution in [0.2, 0.25) is 0 Å². The third-order valence-electron chi connectivity index (χ3n) is 2.31. The molecule has 16 heavy (non-hydrogen) atoms. The molecule has 0 aliphatic heterocycles. The van der Waals surface area contributed by atoms with E-state index < -0.39 is 12.5 Å². The van der Waals surface area contributed by atoms with E-state index in [0.29, 0.717) is 10.0 Å². The smallest absolute Gasteiger partial charge is 0.257 e. The summed E-state index contributed by atoms with van der Waals surface area (Å²) in [5.41, 5.74) is 6.77. The Hall–Kier alpha value is -0.390. The number of benzene rings is 1. The maximum atomic E-state index is 12.5. The Labute approximate surface area is 107 Å². The second kappa shape index (κ2) is 5.80. The van der Waals surface area contributed by atoms with Crippen molar-refractivity contribution in [2.24, 2.45) is 5.73 Å². The minimum absolute atomic E-state index is 0. The third-order valence-corrected chi connectivity index (χ3v) is 3.53. The molecule has 0 fully saturated rings. The molecule has 0 aliphatic carbocycles. The minimum atomic E-state index is -2.69. The van der Waals surface area contributed by atoms with Gasteiger partial charge in [-0.05, 0) is 31.0 Å². The van der Waals surface area contributed by atoms with Crippen molar-refractivity contribution in [3.8, 4) is 5.75 Å². The van der Waals surface area contributed by atoms with Gasteiger partial charge in [0, 0.05) is 10.0 Å². The van der Waals surface area contributed by atoms with Gasteiger partial charge in [-0.3, -0.25) is 0 Å². The highest BCUT2D eigenvalue weighted by Crippen LogP contribution is 2.36. The fourth-order valence-corrected chi connectivity index (χ4v) is 1.83. The SMILES string of the molecule is Cc1cc(O)c([C@@H](N)C(F)F)c(C)c1Br.Cl. The lowest BCUT2D eigenvalue weighted by Crippen LogP contribution is -2.20. The van der Waals surface area contributed by atoms with E-state index in [2.05, 4.69) is 15.9 Å². The zero-order valence-electron chi connectivity index (χ0n) is 8.80. The van der Waals surface area contributed by atoms with E-state index in [4.69, 9.17) is 5.73 Å². The largest absolute Gasteiger partial charge is 0.508 e. The molecule has 0 spiro atoms. The van der Waals surface area contributed by atoms with Gasteiger partial charge in [-0.25, -0.2) is 8.78 Å². The Morgan fingerprint density at radius 3 is 2.31 bits per heavy atom. The highest BCUT2D eigenvalue weighted by molar-refractivity contribution is 9.10. The van der Waals surface area contributed by atoms with Crippen LogP contribution in [0.25, 0.3) is 0 Å². The molecule has 3 N–H and O–H groups in total. The Morgan fingerprint density at radius 1 is 1.38 bits per heavy atom. The van der Waals surface area contributed by atoms with Crippen molar-refractivity contribution in [2.75, 3.05) is 0 Å². The number of halogens is 4. The van der Waals surface area contributed by atoms with Crippen molar-refractivity contribution in [1.82, 2.24) is 0 Å². The van der Waals surface area contributed by atoms with Crippen molar-refractivity contribution in [2.45, 2.75) is 26.3 Å². The van der Waals surface area contributed by atoms with Gasteiger partial charge in [-0.15, -0.1) is 12.4 Å². The van der Waals surface area contributed by atoms with Crippen LogP contribution in [-0.2, 0) is 0 Å². The molecule has 0 saturated carbocycles. The first-order chi connectivity index (χ1) is 6.86. The van der Waals surface area contributed by atoms with Crippen molar-refractivity contribution >= 4 is 28.3 Å². The number of aryl methyl sites for hydroxylation is 1. The number of hydrogen-bond acceptors (Lipinski definition) is 2. The highest BCUT2D eigenvalue weighted by Gasteiger charge is 2.24. The zero-order valence-corrected chi connectivity index (χ0v) is 11.2. The molecule has 1 aromatic rings. The van der Waals surface area contributed by atoms with E-state index in [9.17, 15) is 13.9 Å². The summed E-state index contributed by atoms with van der Waals surface area (Å²) in [4.78, 5) is 0. The van der Waals surface area contributed by atoms with Gasteiger partial charge in [0.2, 0.25) is 0 Å². The lowest BCUT2D eigenvalue weighted by molar-refractivity contribution is 0.115. The fraction of sp³-hybridized carbons (Fsp3) is 0.400. The molecule has 0 aromatic heterocycles. The van der Waals surface area contributed by atoms with Gasteiger partial charge in [0.1, 0.15) is 5.75 Å². The van der Waals surface area contributed by atoms with E-state index in [1.165, 1.54) is 6.07 Å². The van der Waals surface area contributed by atoms with Crippen molar-refractivity contribution < 1.29 is 13.9 Å². The fourth-order valence-electron chi connectivity index (χ4n) is 1.50. The van der Waals surface area contributed by atoms with Gasteiger partial charge < -0.3 is 10.8 Å². The van der Waals surface area contributed by atoms with Crippen molar-refractivity contribution in [1.29, 1.82) is 0 Å². The van der Waals surface area contributed by atoms with Crippen LogP contribution < -0.4 is 5.73 Å². The standard InChI is InChI=1S/C10H12BrF2NO.ClH/c1-4-3-6(15)7(5(2)8(4)11)9(14)10(12)13;/h3,9-10,15H,14H2,1-2H3;1H/t9-;/m1./s1. The Kier molecular flexibility index (Phi) is 5.65. The Morgan fingerprint density at radius 2 is 1.88 bits per heavy atom. The highest BCUT2D eigenvalue weighted by atomic mass is 79.9. The maximum Gasteiger partial charge on any atom is 0.257 e. The summed E-state index contributed by atoms with van der Waals surface area (Å²) >= 11 is 3.27. The molecule has 2 nitrogen and oxygen atoms in total. The van der Waals surface area contributed by atoms with Crippen LogP contribution >= 0.6 is 28.3 Å². The molecule has 0 amide bonds. The summed E-state index contributed by atoms with van der Waals surface area (Å²) in [6, 6.07) is -0.0313. The summed E-state index contributed by atoms with van der Waals surface area (Å²) in [5, 5.41) is 9.58. The molecule has 0 saturated heterocycles. The van der Waals surface area contributed by atoms with Gasteiger partial charge in [-0.2, -0.15) is 0 Å². The molecule has 92 valence electrons. The molecule has 0 aliphatic rings. The molecular formula is C10H13BrClF2NO. The van der Waals surface area contributed by atoms with Crippen LogP contribution in [0.3, 0.4) is 0 Å². The Balaban J connectivity index is 0.00000225. The molecule has 1 aromatic carbocycles. The number of nitrogens with two attached hydrogens (primary N) is 1. The summed E-state index contributed by atoms with van der Waals surface area (Å²) in [6.07, 6.45) is -2.69. The average molecular weight is 317 g/mol. The second-order valence-corrected chi connectivity index (χ2v) is 4.22. The molecule has 0 unspecified atom stereocenters. The summed E-state index contributed by atoms with van der Waals surface area (Å²) in [6.45, 7) is 3.42. The van der Waals surface area contributed by atoms with E-state index in [1.54, 1.807) is 13.8 Å². The quantitative estimate of drug-likeness (QED) is 0.878. The van der Waals surface area contributed by atoms with Crippen LogP contribution in [-0.4, -0.2) is 11.5 Å². The van der Waals surface area contributed by atoms with Crippen LogP contribution in [0.5, 0.6) is 5.75 Å². The number of aromatic hydroxyl groups is 1. The topological polar surface area (TPSA) is 46.2 Å². The molecule has 0 heterocycles. The number of alkyl halides is 2. The van der Waals surface area contributed by atoms with Gasteiger partial charge in [0.25, 0.3) is 6.43 Å². The number of rotatable bonds is 2. The third kappa shape index (κ3) is 2.84. The van der Waals surface area contributed by atoms with Crippen LogP contribution in [0.4, 0.5) is 8.78 Å². The molecule has 1 rings (SSSR count). The lowest BCUT2D eigenvalue weighted by atomic mass is 9.98. The molecule has 6 heteroatoms. The van der Waals surface area contributed by atoms with Gasteiger partial charge in [0.15, 0.2) is 0 Å². The molecule has 0 radical (unpaired) electrons. The average Bonchev–Trinajstić information content (AvgIpc) is 2.14. The predicted molar refractivity (Wildman–Crippen MR) is 65.5 cm³/mol. The van der Waals surface area contributed by atoms with Crippen LogP contribution in [0.15, 0.2) is 10.5 Å². The summed E-state index contributed by atoms with van der Waals surface area (Å²) in [5.74, 6) is -0.180. The van der Waals surface area contributed by atoms with Crippen molar-refractivity contribution in [3.63, 3.8) is 0 Å². The second-order valence-electron chi connectivity index (χ2n) is 3.43. The van der Waals surface area contributed by atoms with E-state index in [0.717, 1.165) is 5.56 Å². The summed E-state index contributed by atoms with van der Waals surface area (Å²) < 4.78 is 25.6. The van der Waals surface area contributed by atoms with Crippen LogP contribution in [0, 0.1) is 13.8 Å². The lowest BCUT2D eigenvalue weighted by Gasteiger charge is -2.17. The molecule has 0 bridgehead atoms. The summed E-state index contributed by atoms with van der Waals surface area (Å²) in [7, 11) is 0. The van der Waals surface area contributed by atoms with Crippen molar-refractivity contribution in [3.05, 3.63) is 27.2 Å². The predicted octanol–water partition coefficient (Wildman–Crippen LogP) is 3.46. The number of phenols is 1. The van der Waals surface area contributed by atoms with E-state index in [1.807, 2.05) is 0 Å². The monoisotopic (exact) mass is 315 g/mol.